The quantitative estimate of drug-likeness (QED) is 0.390. The molecule has 1 aromatic heterocycles. The van der Waals surface area contributed by atoms with Crippen molar-refractivity contribution in [3.8, 4) is 17.2 Å². The molecule has 0 spiro atoms. The Balaban J connectivity index is 1.84. The largest absolute Gasteiger partial charge is 0.486 e. The van der Waals surface area contributed by atoms with Gasteiger partial charge in [0, 0.05) is 5.56 Å². The highest BCUT2D eigenvalue weighted by atomic mass is 35.5. The molecule has 0 radical (unpaired) electrons. The first kappa shape index (κ1) is 24.2. The van der Waals surface area contributed by atoms with Crippen LogP contribution >= 0.6 is 23.2 Å². The molecule has 0 saturated carbocycles. The molecule has 1 N–H and O–H groups in total. The third-order valence-corrected chi connectivity index (χ3v) is 5.16. The van der Waals surface area contributed by atoms with Crippen molar-refractivity contribution >= 4 is 23.2 Å². The summed E-state index contributed by atoms with van der Waals surface area (Å²) in [5.74, 6) is 0.341. The second-order valence-electron chi connectivity index (χ2n) is 6.64. The lowest BCUT2D eigenvalue weighted by Crippen LogP contribution is -2.53. The summed E-state index contributed by atoms with van der Waals surface area (Å²) in [5.41, 5.74) is -5.76. The minimum atomic E-state index is -6.02. The van der Waals surface area contributed by atoms with Gasteiger partial charge >= 0.3 is 12.4 Å². The van der Waals surface area contributed by atoms with Gasteiger partial charge in [0.05, 0.1) is 15.6 Å². The van der Waals surface area contributed by atoms with Crippen LogP contribution in [0, 0.1) is 6.92 Å². The van der Waals surface area contributed by atoms with Crippen molar-refractivity contribution < 1.29 is 40.6 Å². The fourth-order valence-electron chi connectivity index (χ4n) is 2.79. The Morgan fingerprint density at radius 1 is 0.969 bits per heavy atom. The van der Waals surface area contributed by atoms with E-state index in [0.717, 1.165) is 6.07 Å². The zero-order valence-corrected chi connectivity index (χ0v) is 17.5. The third kappa shape index (κ3) is 4.39. The van der Waals surface area contributed by atoms with E-state index in [4.69, 9.17) is 32.4 Å². The third-order valence-electron chi connectivity index (χ3n) is 4.53. The van der Waals surface area contributed by atoms with Crippen LogP contribution in [0.2, 0.25) is 10.0 Å². The maximum absolute atomic E-state index is 13.0. The number of benzene rings is 2. The van der Waals surface area contributed by atoms with Crippen molar-refractivity contribution in [2.24, 2.45) is 0 Å². The molecule has 0 aliphatic rings. The summed E-state index contributed by atoms with van der Waals surface area (Å²) in [6, 6.07) is 8.34. The van der Waals surface area contributed by atoms with Gasteiger partial charge in [-0.2, -0.15) is 26.3 Å². The summed E-state index contributed by atoms with van der Waals surface area (Å²) in [4.78, 5) is 4.25. The number of hydrogen-bond acceptors (Lipinski definition) is 4. The smallest absolute Gasteiger partial charge is 0.430 e. The van der Waals surface area contributed by atoms with Gasteiger partial charge in [-0.25, -0.2) is 4.98 Å². The maximum Gasteiger partial charge on any atom is 0.430 e. The number of nitrogens with zero attached hydrogens (tertiary/aromatic N) is 1. The van der Waals surface area contributed by atoms with Crippen LogP contribution in [0.15, 0.2) is 46.9 Å². The average molecular weight is 500 g/mol. The van der Waals surface area contributed by atoms with E-state index in [0.29, 0.717) is 34.2 Å². The highest BCUT2D eigenvalue weighted by Crippen LogP contribution is 2.50. The normalized spacial score (nSPS) is 12.8. The first-order valence-electron chi connectivity index (χ1n) is 8.75. The SMILES string of the molecule is Cc1oc(-c2ccccc2Cl)nc1COc1ccc(C(O)(C(F)(F)F)C(F)(F)F)cc1Cl. The van der Waals surface area contributed by atoms with Crippen LogP contribution in [-0.2, 0) is 12.2 Å². The predicted octanol–water partition coefficient (Wildman–Crippen LogP) is 6.85. The fourth-order valence-corrected chi connectivity index (χ4v) is 3.24. The van der Waals surface area contributed by atoms with E-state index >= 15 is 0 Å². The Kier molecular flexibility index (Phi) is 6.43. The minimum absolute atomic E-state index is 0.202. The molecule has 4 nitrogen and oxygen atoms in total. The van der Waals surface area contributed by atoms with Gasteiger partial charge < -0.3 is 14.3 Å². The Morgan fingerprint density at radius 2 is 1.59 bits per heavy atom. The van der Waals surface area contributed by atoms with Crippen LogP contribution in [0.3, 0.4) is 0 Å². The van der Waals surface area contributed by atoms with Gasteiger partial charge in [-0.15, -0.1) is 0 Å². The molecular weight excluding hydrogens is 487 g/mol. The number of rotatable bonds is 5. The summed E-state index contributed by atoms with van der Waals surface area (Å²) < 4.78 is 89.1. The monoisotopic (exact) mass is 499 g/mol. The average Bonchev–Trinajstić information content (AvgIpc) is 3.05. The van der Waals surface area contributed by atoms with Crippen LogP contribution in [0.1, 0.15) is 17.0 Å². The lowest BCUT2D eigenvalue weighted by Gasteiger charge is -2.32. The second kappa shape index (κ2) is 8.49. The van der Waals surface area contributed by atoms with E-state index < -0.39 is 28.5 Å². The highest BCUT2D eigenvalue weighted by molar-refractivity contribution is 6.33. The number of alkyl halides is 6. The number of aryl methyl sites for hydroxylation is 1. The molecule has 0 bridgehead atoms. The van der Waals surface area contributed by atoms with Gasteiger partial charge in [-0.3, -0.25) is 0 Å². The molecule has 32 heavy (non-hydrogen) atoms. The highest BCUT2D eigenvalue weighted by Gasteiger charge is 2.71. The van der Waals surface area contributed by atoms with Crippen molar-refractivity contribution in [1.82, 2.24) is 4.98 Å². The topological polar surface area (TPSA) is 55.5 Å². The number of halogens is 8. The maximum atomic E-state index is 13.0. The standard InChI is InChI=1S/C20H13Cl2F6NO3/c1-10-15(29-17(32-10)12-4-2-3-5-13(12)21)9-31-16-7-6-11(8-14(16)22)18(30,19(23,24)25)20(26,27)28/h2-8,30H,9H2,1H3. The molecule has 0 atom stereocenters. The van der Waals surface area contributed by atoms with Crippen molar-refractivity contribution in [2.75, 3.05) is 0 Å². The van der Waals surface area contributed by atoms with E-state index in [1.54, 1.807) is 31.2 Å². The van der Waals surface area contributed by atoms with E-state index in [9.17, 15) is 31.4 Å². The number of ether oxygens (including phenoxy) is 1. The van der Waals surface area contributed by atoms with Crippen LogP contribution < -0.4 is 4.74 Å². The number of aromatic nitrogens is 1. The van der Waals surface area contributed by atoms with E-state index in [1.807, 2.05) is 0 Å². The second-order valence-corrected chi connectivity index (χ2v) is 7.46. The van der Waals surface area contributed by atoms with Crippen molar-refractivity contribution in [3.05, 3.63) is 69.5 Å². The van der Waals surface area contributed by atoms with Crippen molar-refractivity contribution in [3.63, 3.8) is 0 Å². The number of aliphatic hydroxyl groups is 1. The molecule has 0 aliphatic heterocycles. The van der Waals surface area contributed by atoms with Gasteiger partial charge in [-0.1, -0.05) is 41.4 Å². The molecule has 12 heteroatoms. The molecule has 172 valence electrons. The van der Waals surface area contributed by atoms with Crippen LogP contribution in [0.5, 0.6) is 5.75 Å². The van der Waals surface area contributed by atoms with Crippen LogP contribution in [0.25, 0.3) is 11.5 Å². The molecule has 0 saturated heterocycles. The number of hydrogen-bond donors (Lipinski definition) is 1. The van der Waals surface area contributed by atoms with Crippen molar-refractivity contribution in [1.29, 1.82) is 0 Å². The van der Waals surface area contributed by atoms with E-state index in [-0.39, 0.29) is 18.2 Å². The fraction of sp³-hybridized carbons (Fsp3) is 0.250. The summed E-state index contributed by atoms with van der Waals surface area (Å²) in [7, 11) is 0. The molecule has 0 fully saturated rings. The lowest BCUT2D eigenvalue weighted by molar-refractivity contribution is -0.376. The Bertz CT molecular complexity index is 1110. The molecule has 0 aliphatic carbocycles. The Morgan fingerprint density at radius 3 is 2.16 bits per heavy atom. The van der Waals surface area contributed by atoms with Crippen LogP contribution in [0.4, 0.5) is 26.3 Å². The zero-order valence-electron chi connectivity index (χ0n) is 16.0. The Hall–Kier alpha value is -2.43. The molecular formula is C20H13Cl2F6NO3. The van der Waals surface area contributed by atoms with Gasteiger partial charge in [0.1, 0.15) is 23.8 Å². The van der Waals surface area contributed by atoms with Gasteiger partial charge in [0.15, 0.2) is 0 Å². The van der Waals surface area contributed by atoms with E-state index in [2.05, 4.69) is 4.98 Å². The summed E-state index contributed by atoms with van der Waals surface area (Å²) in [5, 5.41) is 9.29. The zero-order chi connectivity index (χ0) is 23.9. The van der Waals surface area contributed by atoms with Gasteiger partial charge in [-0.05, 0) is 31.2 Å². The molecule has 2 aromatic carbocycles. The molecule has 3 rings (SSSR count). The summed E-state index contributed by atoms with van der Waals surface area (Å²) in [6.07, 6.45) is -12.0. The van der Waals surface area contributed by atoms with Crippen molar-refractivity contribution in [2.45, 2.75) is 31.5 Å². The predicted molar refractivity (Wildman–Crippen MR) is 103 cm³/mol. The first-order valence-corrected chi connectivity index (χ1v) is 9.51. The molecule has 0 unspecified atom stereocenters. The Labute approximate surface area is 187 Å². The van der Waals surface area contributed by atoms with Gasteiger partial charge in [0.2, 0.25) is 5.89 Å². The lowest BCUT2D eigenvalue weighted by atomic mass is 9.92. The van der Waals surface area contributed by atoms with E-state index in [1.165, 1.54) is 0 Å². The summed E-state index contributed by atoms with van der Waals surface area (Å²) in [6.45, 7) is 1.34. The molecule has 0 amide bonds. The molecule has 3 aromatic rings. The molecule has 1 heterocycles. The summed E-state index contributed by atoms with van der Waals surface area (Å²) >= 11 is 11.9. The van der Waals surface area contributed by atoms with Crippen LogP contribution in [-0.4, -0.2) is 22.4 Å². The first-order chi connectivity index (χ1) is 14.8. The number of oxazole rings is 1. The minimum Gasteiger partial charge on any atom is -0.486 e. The van der Waals surface area contributed by atoms with Gasteiger partial charge in [0.25, 0.3) is 5.60 Å².